The molecule has 0 aromatic heterocycles. The minimum absolute atomic E-state index is 0.134. The van der Waals surface area contributed by atoms with E-state index in [0.29, 0.717) is 0 Å². The molecule has 1 unspecified atom stereocenters. The predicted molar refractivity (Wildman–Crippen MR) is 84.8 cm³/mol. The van der Waals surface area contributed by atoms with Gasteiger partial charge in [-0.2, -0.15) is 0 Å². The highest BCUT2D eigenvalue weighted by atomic mass is 19.1. The van der Waals surface area contributed by atoms with Gasteiger partial charge in [-0.25, -0.2) is 4.39 Å². The van der Waals surface area contributed by atoms with Crippen molar-refractivity contribution in [1.82, 2.24) is 5.32 Å². The van der Waals surface area contributed by atoms with Gasteiger partial charge in [0, 0.05) is 19.1 Å². The Kier molecular flexibility index (Phi) is 3.93. The first kappa shape index (κ1) is 14.1. The minimum Gasteiger partial charge on any atom is -0.360 e. The van der Waals surface area contributed by atoms with Crippen molar-refractivity contribution < 1.29 is 4.39 Å². The number of rotatable bonds is 4. The third-order valence-corrected chi connectivity index (χ3v) is 4.15. The van der Waals surface area contributed by atoms with Crippen molar-refractivity contribution in [3.8, 4) is 0 Å². The summed E-state index contributed by atoms with van der Waals surface area (Å²) >= 11 is 0. The standard InChI is InChI=1S/C18H21FN2/c1-3-20-13(2)16-9-6-10-17(19)18(16)21-11-14-7-4-5-8-15(14)12-21/h4-10,13,20H,3,11-12H2,1-2H3. The number of fused-ring (bicyclic) bond motifs is 1. The Morgan fingerprint density at radius 2 is 1.76 bits per heavy atom. The second-order valence-corrected chi connectivity index (χ2v) is 5.58. The molecule has 0 saturated carbocycles. The zero-order valence-corrected chi connectivity index (χ0v) is 12.6. The lowest BCUT2D eigenvalue weighted by atomic mass is 10.0. The molecule has 2 aromatic carbocycles. The lowest BCUT2D eigenvalue weighted by molar-refractivity contribution is 0.577. The maximum absolute atomic E-state index is 14.5. The van der Waals surface area contributed by atoms with Gasteiger partial charge >= 0.3 is 0 Å². The highest BCUT2D eigenvalue weighted by Gasteiger charge is 2.24. The Labute approximate surface area is 125 Å². The Morgan fingerprint density at radius 3 is 2.38 bits per heavy atom. The van der Waals surface area contributed by atoms with Crippen LogP contribution in [-0.4, -0.2) is 6.54 Å². The van der Waals surface area contributed by atoms with Crippen molar-refractivity contribution in [3.05, 3.63) is 65.0 Å². The highest BCUT2D eigenvalue weighted by molar-refractivity contribution is 5.59. The summed E-state index contributed by atoms with van der Waals surface area (Å²) in [7, 11) is 0. The van der Waals surface area contributed by atoms with Gasteiger partial charge in [-0.05, 0) is 36.2 Å². The van der Waals surface area contributed by atoms with Gasteiger partial charge in [0.25, 0.3) is 0 Å². The molecule has 1 atom stereocenters. The van der Waals surface area contributed by atoms with E-state index < -0.39 is 0 Å². The summed E-state index contributed by atoms with van der Waals surface area (Å²) in [5.74, 6) is -0.134. The molecule has 0 saturated heterocycles. The van der Waals surface area contributed by atoms with E-state index >= 15 is 0 Å². The minimum atomic E-state index is -0.134. The summed E-state index contributed by atoms with van der Waals surface area (Å²) in [5.41, 5.74) is 4.36. The smallest absolute Gasteiger partial charge is 0.146 e. The van der Waals surface area contributed by atoms with Crippen LogP contribution >= 0.6 is 0 Å². The number of anilines is 1. The lowest BCUT2D eigenvalue weighted by Crippen LogP contribution is -2.23. The highest BCUT2D eigenvalue weighted by Crippen LogP contribution is 2.35. The molecule has 3 heteroatoms. The Bertz CT molecular complexity index is 614. The van der Waals surface area contributed by atoms with Crippen LogP contribution < -0.4 is 10.2 Å². The quantitative estimate of drug-likeness (QED) is 0.912. The fraction of sp³-hybridized carbons (Fsp3) is 0.333. The lowest BCUT2D eigenvalue weighted by Gasteiger charge is -2.25. The molecule has 21 heavy (non-hydrogen) atoms. The van der Waals surface area contributed by atoms with E-state index in [1.165, 1.54) is 11.1 Å². The van der Waals surface area contributed by atoms with E-state index in [-0.39, 0.29) is 11.9 Å². The summed E-state index contributed by atoms with van der Waals surface area (Å²) in [6, 6.07) is 13.9. The van der Waals surface area contributed by atoms with Crippen LogP contribution in [0.5, 0.6) is 0 Å². The second kappa shape index (κ2) is 5.86. The SMILES string of the molecule is CCNC(C)c1cccc(F)c1N1Cc2ccccc2C1. The summed E-state index contributed by atoms with van der Waals surface area (Å²) in [5, 5.41) is 3.38. The van der Waals surface area contributed by atoms with Crippen LogP contribution in [0.15, 0.2) is 42.5 Å². The van der Waals surface area contributed by atoms with Crippen LogP contribution in [0.3, 0.4) is 0 Å². The molecular formula is C18H21FN2. The van der Waals surface area contributed by atoms with Crippen LogP contribution in [0, 0.1) is 5.82 Å². The fourth-order valence-electron chi connectivity index (χ4n) is 3.12. The van der Waals surface area contributed by atoms with Crippen molar-refractivity contribution >= 4 is 5.69 Å². The number of halogens is 1. The molecule has 0 fully saturated rings. The van der Waals surface area contributed by atoms with Gasteiger partial charge in [0.1, 0.15) is 5.82 Å². The molecule has 0 aliphatic carbocycles. The van der Waals surface area contributed by atoms with Crippen molar-refractivity contribution in [2.75, 3.05) is 11.4 Å². The summed E-state index contributed by atoms with van der Waals surface area (Å²) in [4.78, 5) is 2.14. The van der Waals surface area contributed by atoms with Gasteiger partial charge < -0.3 is 10.2 Å². The Hall–Kier alpha value is -1.87. The van der Waals surface area contributed by atoms with E-state index in [4.69, 9.17) is 0 Å². The molecule has 0 radical (unpaired) electrons. The number of hydrogen-bond donors (Lipinski definition) is 1. The largest absolute Gasteiger partial charge is 0.360 e. The summed E-state index contributed by atoms with van der Waals surface area (Å²) < 4.78 is 14.5. The summed E-state index contributed by atoms with van der Waals surface area (Å²) in [6.45, 7) is 6.59. The Morgan fingerprint density at radius 1 is 1.10 bits per heavy atom. The van der Waals surface area contributed by atoms with Crippen LogP contribution in [-0.2, 0) is 13.1 Å². The topological polar surface area (TPSA) is 15.3 Å². The molecule has 2 aromatic rings. The number of benzene rings is 2. The number of para-hydroxylation sites is 1. The van der Waals surface area contributed by atoms with Crippen molar-refractivity contribution in [2.45, 2.75) is 33.0 Å². The number of hydrogen-bond acceptors (Lipinski definition) is 2. The molecule has 1 N–H and O–H groups in total. The van der Waals surface area contributed by atoms with Gasteiger partial charge in [0.15, 0.2) is 0 Å². The average Bonchev–Trinajstić information content (AvgIpc) is 2.90. The molecule has 1 heterocycles. The molecule has 110 valence electrons. The first-order valence-electron chi connectivity index (χ1n) is 7.54. The van der Waals surface area contributed by atoms with Gasteiger partial charge in [-0.1, -0.05) is 43.3 Å². The van der Waals surface area contributed by atoms with Gasteiger partial charge in [-0.15, -0.1) is 0 Å². The number of nitrogens with zero attached hydrogens (tertiary/aromatic N) is 1. The number of nitrogens with one attached hydrogen (secondary N) is 1. The van der Waals surface area contributed by atoms with Crippen LogP contribution in [0.25, 0.3) is 0 Å². The van der Waals surface area contributed by atoms with Gasteiger partial charge in [0.05, 0.1) is 5.69 Å². The first-order chi connectivity index (χ1) is 10.2. The maximum Gasteiger partial charge on any atom is 0.146 e. The normalized spacial score (nSPS) is 15.1. The molecule has 0 bridgehead atoms. The van der Waals surface area contributed by atoms with Crippen molar-refractivity contribution in [3.63, 3.8) is 0 Å². The monoisotopic (exact) mass is 284 g/mol. The van der Waals surface area contributed by atoms with Crippen molar-refractivity contribution in [1.29, 1.82) is 0 Å². The molecule has 1 aliphatic rings. The van der Waals surface area contributed by atoms with Crippen LogP contribution in [0.2, 0.25) is 0 Å². The van der Waals surface area contributed by atoms with Crippen LogP contribution in [0.1, 0.15) is 36.6 Å². The maximum atomic E-state index is 14.5. The second-order valence-electron chi connectivity index (χ2n) is 5.58. The fourth-order valence-corrected chi connectivity index (χ4v) is 3.12. The summed E-state index contributed by atoms with van der Waals surface area (Å²) in [6.07, 6.45) is 0. The predicted octanol–water partition coefficient (Wildman–Crippen LogP) is 4.02. The average molecular weight is 284 g/mol. The van der Waals surface area contributed by atoms with Gasteiger partial charge in [-0.3, -0.25) is 0 Å². The third kappa shape index (κ3) is 2.66. The van der Waals surface area contributed by atoms with Gasteiger partial charge in [0.2, 0.25) is 0 Å². The first-order valence-corrected chi connectivity index (χ1v) is 7.54. The van der Waals surface area contributed by atoms with E-state index in [9.17, 15) is 4.39 Å². The molecule has 0 spiro atoms. The van der Waals surface area contributed by atoms with Crippen molar-refractivity contribution in [2.24, 2.45) is 0 Å². The van der Waals surface area contributed by atoms with E-state index in [1.807, 2.05) is 18.2 Å². The zero-order chi connectivity index (χ0) is 14.8. The molecule has 2 nitrogen and oxygen atoms in total. The van der Waals surface area contributed by atoms with Crippen LogP contribution in [0.4, 0.5) is 10.1 Å². The third-order valence-electron chi connectivity index (χ3n) is 4.15. The molecule has 0 amide bonds. The molecule has 3 rings (SSSR count). The Balaban J connectivity index is 1.96. The van der Waals surface area contributed by atoms with E-state index in [1.54, 1.807) is 12.1 Å². The zero-order valence-electron chi connectivity index (χ0n) is 12.6. The van der Waals surface area contributed by atoms with E-state index in [2.05, 4.69) is 36.2 Å². The molecular weight excluding hydrogens is 263 g/mol. The molecule has 1 aliphatic heterocycles. The van der Waals surface area contributed by atoms with E-state index in [0.717, 1.165) is 30.9 Å².